The average Bonchev–Trinajstić information content (AvgIpc) is 2.93. The molecule has 20 heavy (non-hydrogen) atoms. The molecule has 1 aliphatic rings. The lowest BCUT2D eigenvalue weighted by molar-refractivity contribution is 0.421. The van der Waals surface area contributed by atoms with Crippen molar-refractivity contribution in [1.82, 2.24) is 5.32 Å². The number of aryl methyl sites for hydroxylation is 1. The van der Waals surface area contributed by atoms with Gasteiger partial charge in [-0.3, -0.25) is 0 Å². The maximum absolute atomic E-state index is 6.13. The normalized spacial score (nSPS) is 18.0. The zero-order chi connectivity index (χ0) is 13.9. The van der Waals surface area contributed by atoms with Gasteiger partial charge in [0.1, 0.15) is 11.5 Å². The van der Waals surface area contributed by atoms with E-state index in [4.69, 9.17) is 16.0 Å². The topological polar surface area (TPSA) is 25.2 Å². The summed E-state index contributed by atoms with van der Waals surface area (Å²) in [5.41, 5.74) is 1.32. The molecule has 4 heteroatoms. The Morgan fingerprint density at radius 3 is 2.95 bits per heavy atom. The van der Waals surface area contributed by atoms with Crippen molar-refractivity contribution >= 4 is 23.4 Å². The molecule has 3 rings (SSSR count). The summed E-state index contributed by atoms with van der Waals surface area (Å²) in [6.07, 6.45) is 2.07. The molecule has 0 fully saturated rings. The van der Waals surface area contributed by atoms with Crippen LogP contribution in [0, 0.1) is 0 Å². The average molecular weight is 308 g/mol. The molecule has 0 radical (unpaired) electrons. The molecular formula is C16H18ClNOS. The second-order valence-corrected chi connectivity index (χ2v) is 6.55. The number of thioether (sulfide) groups is 1. The second kappa shape index (κ2) is 6.25. The molecule has 1 aromatic carbocycles. The lowest BCUT2D eigenvalue weighted by atomic mass is 10.0. The minimum absolute atomic E-state index is 0.361. The molecule has 0 saturated heterocycles. The van der Waals surface area contributed by atoms with E-state index < -0.39 is 0 Å². The highest BCUT2D eigenvalue weighted by molar-refractivity contribution is 7.99. The van der Waals surface area contributed by atoms with E-state index >= 15 is 0 Å². The first kappa shape index (κ1) is 14.1. The van der Waals surface area contributed by atoms with Crippen LogP contribution in [0.2, 0.25) is 5.02 Å². The number of fused-ring (bicyclic) bond motifs is 1. The van der Waals surface area contributed by atoms with E-state index in [0.29, 0.717) is 6.04 Å². The first-order valence-electron chi connectivity index (χ1n) is 6.99. The van der Waals surface area contributed by atoms with Gasteiger partial charge in [0.25, 0.3) is 0 Å². The van der Waals surface area contributed by atoms with Gasteiger partial charge in [-0.25, -0.2) is 0 Å². The van der Waals surface area contributed by atoms with Gasteiger partial charge in [-0.15, -0.1) is 11.8 Å². The third kappa shape index (κ3) is 3.05. The van der Waals surface area contributed by atoms with Gasteiger partial charge in [0.15, 0.2) is 0 Å². The quantitative estimate of drug-likeness (QED) is 0.876. The van der Waals surface area contributed by atoms with Crippen LogP contribution in [0.15, 0.2) is 39.6 Å². The second-order valence-electron chi connectivity index (χ2n) is 4.97. The van der Waals surface area contributed by atoms with Crippen molar-refractivity contribution in [1.29, 1.82) is 0 Å². The summed E-state index contributed by atoms with van der Waals surface area (Å²) in [5, 5.41) is 4.40. The Balaban J connectivity index is 1.71. The van der Waals surface area contributed by atoms with Crippen LogP contribution in [-0.2, 0) is 13.0 Å². The van der Waals surface area contributed by atoms with Crippen molar-refractivity contribution < 1.29 is 4.42 Å². The molecule has 106 valence electrons. The Kier molecular flexibility index (Phi) is 4.39. The van der Waals surface area contributed by atoms with E-state index in [1.807, 2.05) is 17.8 Å². The molecule has 1 aromatic heterocycles. The molecule has 0 spiro atoms. The van der Waals surface area contributed by atoms with Gasteiger partial charge in [-0.2, -0.15) is 0 Å². The first-order valence-corrected chi connectivity index (χ1v) is 8.36. The Bertz CT molecular complexity index is 596. The van der Waals surface area contributed by atoms with Crippen LogP contribution in [0.3, 0.4) is 0 Å². The van der Waals surface area contributed by atoms with Crippen LogP contribution in [0.5, 0.6) is 0 Å². The van der Waals surface area contributed by atoms with Gasteiger partial charge in [-0.05, 0) is 48.1 Å². The van der Waals surface area contributed by atoms with Crippen LogP contribution in [-0.4, -0.2) is 5.75 Å². The van der Waals surface area contributed by atoms with Crippen LogP contribution in [0.4, 0.5) is 0 Å². The highest BCUT2D eigenvalue weighted by Crippen LogP contribution is 2.37. The first-order chi connectivity index (χ1) is 9.76. The van der Waals surface area contributed by atoms with Crippen molar-refractivity contribution in [3.05, 3.63) is 52.4 Å². The number of furan rings is 1. The molecule has 2 heterocycles. The van der Waals surface area contributed by atoms with Gasteiger partial charge < -0.3 is 9.73 Å². The molecule has 1 aliphatic heterocycles. The number of nitrogens with one attached hydrogen (secondary N) is 1. The highest BCUT2D eigenvalue weighted by atomic mass is 35.5. The molecule has 1 N–H and O–H groups in total. The smallest absolute Gasteiger partial charge is 0.117 e. The van der Waals surface area contributed by atoms with Gasteiger partial charge in [-0.1, -0.05) is 18.5 Å². The molecule has 1 unspecified atom stereocenters. The van der Waals surface area contributed by atoms with E-state index in [1.54, 1.807) is 0 Å². The number of hydrogen-bond acceptors (Lipinski definition) is 3. The SMILES string of the molecule is CCc1ccc(CNC2CCSc3ccc(Cl)cc32)o1. The van der Waals surface area contributed by atoms with Crippen LogP contribution < -0.4 is 5.32 Å². The Morgan fingerprint density at radius 2 is 2.15 bits per heavy atom. The molecule has 1 atom stereocenters. The van der Waals surface area contributed by atoms with E-state index in [2.05, 4.69) is 36.5 Å². The molecular weight excluding hydrogens is 290 g/mol. The summed E-state index contributed by atoms with van der Waals surface area (Å²) in [6.45, 7) is 2.87. The number of benzene rings is 1. The summed E-state index contributed by atoms with van der Waals surface area (Å²) in [6, 6.07) is 10.6. The lowest BCUT2D eigenvalue weighted by Gasteiger charge is -2.26. The van der Waals surface area contributed by atoms with Gasteiger partial charge in [0, 0.05) is 22.4 Å². The molecule has 0 bridgehead atoms. The van der Waals surface area contributed by atoms with Crippen LogP contribution in [0.25, 0.3) is 0 Å². The fraction of sp³-hybridized carbons (Fsp3) is 0.375. The highest BCUT2D eigenvalue weighted by Gasteiger charge is 2.20. The summed E-state index contributed by atoms with van der Waals surface area (Å²) in [4.78, 5) is 1.34. The number of hydrogen-bond donors (Lipinski definition) is 1. The van der Waals surface area contributed by atoms with Gasteiger partial charge in [0.05, 0.1) is 6.54 Å². The van der Waals surface area contributed by atoms with Crippen molar-refractivity contribution in [3.63, 3.8) is 0 Å². The van der Waals surface area contributed by atoms with E-state index in [0.717, 1.165) is 41.7 Å². The maximum Gasteiger partial charge on any atom is 0.117 e. The summed E-state index contributed by atoms with van der Waals surface area (Å²) in [7, 11) is 0. The van der Waals surface area contributed by atoms with Crippen molar-refractivity contribution in [2.45, 2.75) is 37.2 Å². The molecule has 0 saturated carbocycles. The zero-order valence-corrected chi connectivity index (χ0v) is 13.1. The summed E-state index contributed by atoms with van der Waals surface area (Å²) in [5.74, 6) is 3.19. The summed E-state index contributed by atoms with van der Waals surface area (Å²) >= 11 is 8.03. The van der Waals surface area contributed by atoms with Crippen molar-refractivity contribution in [2.24, 2.45) is 0 Å². The maximum atomic E-state index is 6.13. The van der Waals surface area contributed by atoms with E-state index in [9.17, 15) is 0 Å². The number of rotatable bonds is 4. The standard InChI is InChI=1S/C16H18ClNOS/c1-2-12-4-5-13(19-12)10-18-15-7-8-20-16-6-3-11(17)9-14(15)16/h3-6,9,15,18H,2,7-8,10H2,1H3. The van der Waals surface area contributed by atoms with Crippen LogP contribution in [0.1, 0.15) is 36.5 Å². The minimum Gasteiger partial charge on any atom is -0.465 e. The van der Waals surface area contributed by atoms with Crippen molar-refractivity contribution in [2.75, 3.05) is 5.75 Å². The Hall–Kier alpha value is -0.900. The van der Waals surface area contributed by atoms with Crippen molar-refractivity contribution in [3.8, 4) is 0 Å². The molecule has 2 nitrogen and oxygen atoms in total. The fourth-order valence-corrected chi connectivity index (χ4v) is 3.79. The predicted molar refractivity (Wildman–Crippen MR) is 84.5 cm³/mol. The lowest BCUT2D eigenvalue weighted by Crippen LogP contribution is -2.24. The van der Waals surface area contributed by atoms with Crippen LogP contribution >= 0.6 is 23.4 Å². The van der Waals surface area contributed by atoms with Gasteiger partial charge >= 0.3 is 0 Å². The Morgan fingerprint density at radius 1 is 1.30 bits per heavy atom. The largest absolute Gasteiger partial charge is 0.465 e. The third-order valence-electron chi connectivity index (χ3n) is 3.60. The Labute approximate surface area is 128 Å². The molecule has 2 aromatic rings. The molecule has 0 amide bonds. The summed E-state index contributed by atoms with van der Waals surface area (Å²) < 4.78 is 5.74. The predicted octanol–water partition coefficient (Wildman–Crippen LogP) is 4.82. The molecule has 0 aliphatic carbocycles. The minimum atomic E-state index is 0.361. The monoisotopic (exact) mass is 307 g/mol. The van der Waals surface area contributed by atoms with Gasteiger partial charge in [0.2, 0.25) is 0 Å². The zero-order valence-electron chi connectivity index (χ0n) is 11.5. The third-order valence-corrected chi connectivity index (χ3v) is 4.96. The van der Waals surface area contributed by atoms with E-state index in [1.165, 1.54) is 10.5 Å². The fourth-order valence-electron chi connectivity index (χ4n) is 2.51. The van der Waals surface area contributed by atoms with E-state index in [-0.39, 0.29) is 0 Å². The number of halogens is 1.